The summed E-state index contributed by atoms with van der Waals surface area (Å²) >= 11 is 0. The van der Waals surface area contributed by atoms with Crippen molar-refractivity contribution in [3.63, 3.8) is 0 Å². The summed E-state index contributed by atoms with van der Waals surface area (Å²) in [4.78, 5) is 37.3. The van der Waals surface area contributed by atoms with Gasteiger partial charge in [-0.2, -0.15) is 5.10 Å². The molecule has 40 heavy (non-hydrogen) atoms. The molecule has 0 radical (unpaired) electrons. The van der Waals surface area contributed by atoms with Crippen LogP contribution in [-0.2, 0) is 18.3 Å². The molecule has 0 atom stereocenters. The zero-order chi connectivity index (χ0) is 28.2. The number of rotatable bonds is 7. The number of nitro benzene ring substituents is 1. The molecule has 5 rings (SSSR count). The largest absolute Gasteiger partial charge is 0.465 e. The highest BCUT2D eigenvalue weighted by Gasteiger charge is 2.20. The van der Waals surface area contributed by atoms with Crippen molar-refractivity contribution in [3.05, 3.63) is 118 Å². The topological polar surface area (TPSA) is 117 Å². The molecule has 200 valence electrons. The number of hydrogen-bond donors (Lipinski definition) is 0. The SMILES string of the molecule is COC(=O)c1ccc(CN(C(=O)Oc2ccc([N+](=O)[O-])cc2)c2cccc(-c3ccc4cnn(C)c4c3)c2)cc1. The average molecular weight is 537 g/mol. The number of hydrogen-bond acceptors (Lipinski definition) is 7. The Labute approximate surface area is 229 Å². The summed E-state index contributed by atoms with van der Waals surface area (Å²) in [6.45, 7) is 0.136. The van der Waals surface area contributed by atoms with Gasteiger partial charge in [0.1, 0.15) is 5.75 Å². The van der Waals surface area contributed by atoms with Gasteiger partial charge in [-0.1, -0.05) is 36.4 Å². The molecule has 0 aliphatic heterocycles. The van der Waals surface area contributed by atoms with Gasteiger partial charge < -0.3 is 9.47 Å². The van der Waals surface area contributed by atoms with Crippen LogP contribution in [0.4, 0.5) is 16.2 Å². The lowest BCUT2D eigenvalue weighted by Gasteiger charge is -2.23. The first-order chi connectivity index (χ1) is 19.3. The third kappa shape index (κ3) is 5.51. The number of carbonyl (C=O) groups is 2. The Balaban J connectivity index is 1.48. The number of esters is 1. The van der Waals surface area contributed by atoms with Crippen molar-refractivity contribution in [1.82, 2.24) is 9.78 Å². The van der Waals surface area contributed by atoms with Crippen LogP contribution in [0.25, 0.3) is 22.0 Å². The summed E-state index contributed by atoms with van der Waals surface area (Å²) in [5.74, 6) is -0.293. The van der Waals surface area contributed by atoms with Gasteiger partial charge in [-0.15, -0.1) is 0 Å². The minimum absolute atomic E-state index is 0.111. The summed E-state index contributed by atoms with van der Waals surface area (Å²) in [5, 5.41) is 16.3. The average Bonchev–Trinajstić information content (AvgIpc) is 3.35. The third-order valence-corrected chi connectivity index (χ3v) is 6.43. The quantitative estimate of drug-likeness (QED) is 0.139. The number of fused-ring (bicyclic) bond motifs is 1. The van der Waals surface area contributed by atoms with E-state index in [1.54, 1.807) is 41.2 Å². The van der Waals surface area contributed by atoms with Crippen LogP contribution in [0.3, 0.4) is 0 Å². The number of ether oxygens (including phenoxy) is 2. The lowest BCUT2D eigenvalue weighted by Crippen LogP contribution is -2.33. The van der Waals surface area contributed by atoms with Crippen LogP contribution in [-0.4, -0.2) is 33.9 Å². The van der Waals surface area contributed by atoms with Gasteiger partial charge >= 0.3 is 12.1 Å². The van der Waals surface area contributed by atoms with Gasteiger partial charge in [-0.3, -0.25) is 19.7 Å². The third-order valence-electron chi connectivity index (χ3n) is 6.43. The molecule has 0 aliphatic rings. The van der Waals surface area contributed by atoms with E-state index in [1.807, 2.05) is 43.4 Å². The van der Waals surface area contributed by atoms with E-state index in [2.05, 4.69) is 5.10 Å². The van der Waals surface area contributed by atoms with Crippen LogP contribution in [0.5, 0.6) is 5.75 Å². The van der Waals surface area contributed by atoms with Crippen molar-refractivity contribution in [2.45, 2.75) is 6.54 Å². The summed E-state index contributed by atoms with van der Waals surface area (Å²) < 4.78 is 12.2. The fourth-order valence-electron chi connectivity index (χ4n) is 4.28. The van der Waals surface area contributed by atoms with Gasteiger partial charge in [0.2, 0.25) is 0 Å². The molecule has 0 saturated heterocycles. The molecule has 0 saturated carbocycles. The lowest BCUT2D eigenvalue weighted by molar-refractivity contribution is -0.384. The normalized spacial score (nSPS) is 10.8. The fraction of sp³-hybridized carbons (Fsp3) is 0.100. The molecule has 0 fully saturated rings. The molecule has 0 unspecified atom stereocenters. The predicted octanol–water partition coefficient (Wildman–Crippen LogP) is 6.14. The van der Waals surface area contributed by atoms with E-state index in [0.717, 1.165) is 27.6 Å². The van der Waals surface area contributed by atoms with E-state index in [9.17, 15) is 19.7 Å². The first-order valence-electron chi connectivity index (χ1n) is 12.3. The van der Waals surface area contributed by atoms with Crippen molar-refractivity contribution in [1.29, 1.82) is 0 Å². The Hall–Kier alpha value is -5.51. The van der Waals surface area contributed by atoms with Crippen molar-refractivity contribution in [2.75, 3.05) is 12.0 Å². The Morgan fingerprint density at radius 2 is 1.68 bits per heavy atom. The molecule has 0 spiro atoms. The summed E-state index contributed by atoms with van der Waals surface area (Å²) in [6.07, 6.45) is 1.13. The Morgan fingerprint density at radius 3 is 2.38 bits per heavy atom. The second kappa shape index (κ2) is 11.1. The van der Waals surface area contributed by atoms with Crippen molar-refractivity contribution < 1.29 is 24.0 Å². The zero-order valence-corrected chi connectivity index (χ0v) is 21.7. The molecule has 10 nitrogen and oxygen atoms in total. The van der Waals surface area contributed by atoms with Gasteiger partial charge in [0.05, 0.1) is 35.9 Å². The first kappa shape index (κ1) is 26.1. The summed E-state index contributed by atoms with van der Waals surface area (Å²) in [5.41, 5.74) is 4.41. The Morgan fingerprint density at radius 1 is 0.950 bits per heavy atom. The van der Waals surface area contributed by atoms with Crippen LogP contribution in [0.15, 0.2) is 97.2 Å². The molecular formula is C30H24N4O6. The van der Waals surface area contributed by atoms with Crippen LogP contribution in [0.1, 0.15) is 15.9 Å². The highest BCUT2D eigenvalue weighted by molar-refractivity contribution is 5.91. The zero-order valence-electron chi connectivity index (χ0n) is 21.7. The van der Waals surface area contributed by atoms with Gasteiger partial charge in [-0.05, 0) is 59.2 Å². The molecule has 5 aromatic rings. The number of aromatic nitrogens is 2. The van der Waals surface area contributed by atoms with Gasteiger partial charge in [0, 0.05) is 30.3 Å². The number of nitro groups is 1. The van der Waals surface area contributed by atoms with E-state index in [1.165, 1.54) is 36.3 Å². The Bertz CT molecular complexity index is 1710. The molecule has 1 amide bonds. The van der Waals surface area contributed by atoms with Crippen molar-refractivity contribution in [3.8, 4) is 16.9 Å². The fourth-order valence-corrected chi connectivity index (χ4v) is 4.28. The molecule has 0 N–H and O–H groups in total. The van der Waals surface area contributed by atoms with E-state index in [-0.39, 0.29) is 18.0 Å². The van der Waals surface area contributed by atoms with Crippen LogP contribution in [0.2, 0.25) is 0 Å². The number of amides is 1. The molecule has 4 aromatic carbocycles. The molecule has 1 aromatic heterocycles. The standard InChI is InChI=1S/C30H24N4O6/c1-32-28-17-23(10-11-24(28)18-31-32)22-4-3-5-26(16-22)33(19-20-6-8-21(9-7-20)29(35)39-2)30(36)40-27-14-12-25(13-15-27)34(37)38/h3-18H,19H2,1-2H3. The van der Waals surface area contributed by atoms with Gasteiger partial charge in [0.15, 0.2) is 0 Å². The summed E-state index contributed by atoms with van der Waals surface area (Å²) in [7, 11) is 3.19. The van der Waals surface area contributed by atoms with E-state index >= 15 is 0 Å². The second-order valence-corrected chi connectivity index (χ2v) is 8.99. The number of aryl methyl sites for hydroxylation is 1. The highest BCUT2D eigenvalue weighted by atomic mass is 16.6. The molecule has 0 bridgehead atoms. The van der Waals surface area contributed by atoms with E-state index < -0.39 is 17.0 Å². The monoisotopic (exact) mass is 536 g/mol. The first-order valence-corrected chi connectivity index (χ1v) is 12.3. The number of nitrogens with zero attached hydrogens (tertiary/aromatic N) is 4. The minimum Gasteiger partial charge on any atom is -0.465 e. The van der Waals surface area contributed by atoms with Gasteiger partial charge in [-0.25, -0.2) is 9.59 Å². The van der Waals surface area contributed by atoms with E-state index in [4.69, 9.17) is 9.47 Å². The van der Waals surface area contributed by atoms with Crippen LogP contribution >= 0.6 is 0 Å². The maximum Gasteiger partial charge on any atom is 0.420 e. The van der Waals surface area contributed by atoms with Crippen molar-refractivity contribution in [2.24, 2.45) is 7.05 Å². The van der Waals surface area contributed by atoms with Crippen molar-refractivity contribution >= 4 is 34.3 Å². The maximum absolute atomic E-state index is 13.5. The predicted molar refractivity (Wildman–Crippen MR) is 149 cm³/mol. The number of non-ortho nitro benzene ring substituents is 1. The second-order valence-electron chi connectivity index (χ2n) is 8.99. The molecule has 1 heterocycles. The van der Waals surface area contributed by atoms with Crippen LogP contribution < -0.4 is 9.64 Å². The number of methoxy groups -OCH3 is 1. The minimum atomic E-state index is -0.676. The Kier molecular flexibility index (Phi) is 7.23. The molecular weight excluding hydrogens is 512 g/mol. The smallest absolute Gasteiger partial charge is 0.420 e. The highest BCUT2D eigenvalue weighted by Crippen LogP contribution is 2.29. The molecule has 10 heteroatoms. The van der Waals surface area contributed by atoms with Crippen LogP contribution in [0, 0.1) is 10.1 Å². The molecule has 0 aliphatic carbocycles. The number of carbonyl (C=O) groups excluding carboxylic acids is 2. The van der Waals surface area contributed by atoms with E-state index in [0.29, 0.717) is 11.3 Å². The number of anilines is 1. The number of benzene rings is 4. The maximum atomic E-state index is 13.5. The van der Waals surface area contributed by atoms with Gasteiger partial charge in [0.25, 0.3) is 5.69 Å². The summed E-state index contributed by atoms with van der Waals surface area (Å²) in [6, 6.07) is 25.5. The lowest BCUT2D eigenvalue weighted by atomic mass is 10.0.